The van der Waals surface area contributed by atoms with Crippen LogP contribution in [0.3, 0.4) is 0 Å². The molecule has 1 aromatic rings. The summed E-state index contributed by atoms with van der Waals surface area (Å²) < 4.78 is 6.84. The lowest BCUT2D eigenvalue weighted by Gasteiger charge is -2.27. The Balaban J connectivity index is 1.82. The Labute approximate surface area is 140 Å². The Kier molecular flexibility index (Phi) is 7.04. The van der Waals surface area contributed by atoms with Gasteiger partial charge in [-0.05, 0) is 18.9 Å². The molecule has 0 unspecified atom stereocenters. The number of nitrogens with one attached hydrogen (secondary N) is 2. The van der Waals surface area contributed by atoms with Crippen LogP contribution >= 0.6 is 0 Å². The molecule has 0 saturated carbocycles. The number of aryl methyl sites for hydroxylation is 1. The molecule has 0 spiro atoms. The van der Waals surface area contributed by atoms with Gasteiger partial charge in [-0.25, -0.2) is 4.68 Å². The Morgan fingerprint density at radius 3 is 2.92 bits per heavy atom. The van der Waals surface area contributed by atoms with Gasteiger partial charge in [0.05, 0.1) is 13.2 Å². The topological polar surface area (TPSA) is 108 Å². The molecule has 9 nitrogen and oxygen atoms in total. The third kappa shape index (κ3) is 5.24. The molecule has 2 N–H and O–H groups in total. The summed E-state index contributed by atoms with van der Waals surface area (Å²) in [5.41, 5.74) is -0.0954. The number of ether oxygens (including phenoxy) is 1. The number of aromatic nitrogens is 2. The molecular formula is C15H23N7O2. The largest absolute Gasteiger partial charge is 0.378 e. The van der Waals surface area contributed by atoms with Gasteiger partial charge in [0.25, 0.3) is 5.56 Å². The second-order valence-electron chi connectivity index (χ2n) is 5.30. The number of anilines is 1. The first-order valence-corrected chi connectivity index (χ1v) is 8.01. The highest BCUT2D eigenvalue weighted by atomic mass is 16.5. The Morgan fingerprint density at radius 2 is 2.21 bits per heavy atom. The summed E-state index contributed by atoms with van der Waals surface area (Å²) in [6, 6.07) is 3.33. The van der Waals surface area contributed by atoms with Gasteiger partial charge in [-0.3, -0.25) is 15.1 Å². The molecule has 0 atom stereocenters. The lowest BCUT2D eigenvalue weighted by Crippen LogP contribution is -2.38. The SMILES string of the molecule is CN=C(NC#N)NCCCCn1nc(N2CCOCC2)ccc1=O. The molecule has 0 radical (unpaired) electrons. The molecule has 0 bridgehead atoms. The van der Waals surface area contributed by atoms with E-state index in [-0.39, 0.29) is 5.56 Å². The van der Waals surface area contributed by atoms with Gasteiger partial charge in [0.1, 0.15) is 5.82 Å². The highest BCUT2D eigenvalue weighted by molar-refractivity contribution is 5.80. The number of morpholine rings is 1. The standard InChI is InChI=1S/C15H23N7O2/c1-17-15(19-12-16)18-6-2-3-7-22-14(23)5-4-13(20-22)21-8-10-24-11-9-21/h4-5H,2-3,6-11H2,1H3,(H2,17,18,19). The van der Waals surface area contributed by atoms with Crippen LogP contribution in [0.25, 0.3) is 0 Å². The quantitative estimate of drug-likeness (QED) is 0.238. The molecule has 0 aliphatic carbocycles. The summed E-state index contributed by atoms with van der Waals surface area (Å²) in [6.07, 6.45) is 3.45. The lowest BCUT2D eigenvalue weighted by atomic mass is 10.3. The number of hydrogen-bond donors (Lipinski definition) is 2. The molecule has 1 saturated heterocycles. The van der Waals surface area contributed by atoms with E-state index in [2.05, 4.69) is 25.6 Å². The first-order chi connectivity index (χ1) is 11.7. The van der Waals surface area contributed by atoms with Gasteiger partial charge < -0.3 is 15.0 Å². The third-order valence-corrected chi connectivity index (χ3v) is 3.67. The van der Waals surface area contributed by atoms with E-state index in [1.165, 1.54) is 4.68 Å². The summed E-state index contributed by atoms with van der Waals surface area (Å²) in [5, 5.41) is 18.5. The summed E-state index contributed by atoms with van der Waals surface area (Å²) in [4.78, 5) is 18.0. The van der Waals surface area contributed by atoms with E-state index in [9.17, 15) is 4.79 Å². The van der Waals surface area contributed by atoms with Crippen LogP contribution in [0.5, 0.6) is 0 Å². The first kappa shape index (κ1) is 17.7. The smallest absolute Gasteiger partial charge is 0.266 e. The fraction of sp³-hybridized carbons (Fsp3) is 0.600. The first-order valence-electron chi connectivity index (χ1n) is 8.01. The number of nitrogens with zero attached hydrogens (tertiary/aromatic N) is 5. The van der Waals surface area contributed by atoms with Crippen molar-refractivity contribution in [1.82, 2.24) is 20.4 Å². The second kappa shape index (κ2) is 9.52. The van der Waals surface area contributed by atoms with Gasteiger partial charge in [-0.15, -0.1) is 0 Å². The summed E-state index contributed by atoms with van der Waals surface area (Å²) in [7, 11) is 1.60. The predicted octanol–water partition coefficient (Wildman–Crippen LogP) is -0.494. The lowest BCUT2D eigenvalue weighted by molar-refractivity contribution is 0.122. The molecule has 24 heavy (non-hydrogen) atoms. The molecule has 1 aliphatic rings. The van der Waals surface area contributed by atoms with Crippen LogP contribution in [-0.2, 0) is 11.3 Å². The van der Waals surface area contributed by atoms with E-state index in [0.29, 0.717) is 32.3 Å². The molecule has 130 valence electrons. The van der Waals surface area contributed by atoms with Crippen molar-refractivity contribution >= 4 is 11.8 Å². The number of aliphatic imine (C=N–C) groups is 1. The molecule has 0 aromatic carbocycles. The molecular weight excluding hydrogens is 310 g/mol. The minimum Gasteiger partial charge on any atom is -0.378 e. The zero-order chi connectivity index (χ0) is 17.2. The summed E-state index contributed by atoms with van der Waals surface area (Å²) >= 11 is 0. The highest BCUT2D eigenvalue weighted by Crippen LogP contribution is 2.10. The van der Waals surface area contributed by atoms with Gasteiger partial charge in [0.2, 0.25) is 5.96 Å². The Hall–Kier alpha value is -2.60. The molecule has 2 rings (SSSR count). The molecule has 2 heterocycles. The van der Waals surface area contributed by atoms with E-state index in [4.69, 9.17) is 10.00 Å². The maximum Gasteiger partial charge on any atom is 0.266 e. The number of nitriles is 1. The predicted molar refractivity (Wildman–Crippen MR) is 90.9 cm³/mol. The third-order valence-electron chi connectivity index (χ3n) is 3.67. The molecule has 1 aliphatic heterocycles. The van der Waals surface area contributed by atoms with Crippen molar-refractivity contribution < 1.29 is 4.74 Å². The van der Waals surface area contributed by atoms with Crippen LogP contribution in [0, 0.1) is 11.5 Å². The van der Waals surface area contributed by atoms with Crippen LogP contribution < -0.4 is 21.1 Å². The Bertz CT molecular complexity index is 644. The van der Waals surface area contributed by atoms with E-state index in [1.54, 1.807) is 19.2 Å². The van der Waals surface area contributed by atoms with Crippen molar-refractivity contribution in [2.45, 2.75) is 19.4 Å². The molecule has 1 aromatic heterocycles. The van der Waals surface area contributed by atoms with Crippen LogP contribution in [0.4, 0.5) is 5.82 Å². The average Bonchev–Trinajstić information content (AvgIpc) is 2.62. The summed E-state index contributed by atoms with van der Waals surface area (Å²) in [5.74, 6) is 1.26. The van der Waals surface area contributed by atoms with Gasteiger partial charge in [0, 0.05) is 39.3 Å². The van der Waals surface area contributed by atoms with E-state index < -0.39 is 0 Å². The molecule has 1 fully saturated rings. The number of hydrogen-bond acceptors (Lipinski definition) is 6. The summed E-state index contributed by atoms with van der Waals surface area (Å²) in [6.45, 7) is 4.18. The fourth-order valence-corrected chi connectivity index (χ4v) is 2.38. The monoisotopic (exact) mass is 333 g/mol. The van der Waals surface area contributed by atoms with Crippen molar-refractivity contribution in [2.75, 3.05) is 44.8 Å². The van der Waals surface area contributed by atoms with Crippen molar-refractivity contribution in [2.24, 2.45) is 4.99 Å². The van der Waals surface area contributed by atoms with Gasteiger partial charge in [0.15, 0.2) is 6.19 Å². The zero-order valence-electron chi connectivity index (χ0n) is 13.9. The van der Waals surface area contributed by atoms with Gasteiger partial charge >= 0.3 is 0 Å². The van der Waals surface area contributed by atoms with Crippen molar-refractivity contribution in [3.63, 3.8) is 0 Å². The van der Waals surface area contributed by atoms with Crippen molar-refractivity contribution in [3.05, 3.63) is 22.5 Å². The fourth-order valence-electron chi connectivity index (χ4n) is 2.38. The van der Waals surface area contributed by atoms with Crippen LogP contribution in [0.15, 0.2) is 21.9 Å². The normalized spacial score (nSPS) is 15.0. The minimum atomic E-state index is -0.0954. The number of rotatable bonds is 6. The number of unbranched alkanes of at least 4 members (excludes halogenated alkanes) is 1. The number of guanidine groups is 1. The van der Waals surface area contributed by atoms with Gasteiger partial charge in [-0.2, -0.15) is 10.4 Å². The van der Waals surface area contributed by atoms with E-state index >= 15 is 0 Å². The minimum absolute atomic E-state index is 0.0954. The highest BCUT2D eigenvalue weighted by Gasteiger charge is 2.13. The van der Waals surface area contributed by atoms with Crippen LogP contribution in [-0.4, -0.2) is 55.6 Å². The molecule has 9 heteroatoms. The maximum absolute atomic E-state index is 11.9. The zero-order valence-corrected chi connectivity index (χ0v) is 13.9. The van der Waals surface area contributed by atoms with Crippen LogP contribution in [0.1, 0.15) is 12.8 Å². The Morgan fingerprint density at radius 1 is 1.42 bits per heavy atom. The molecule has 0 amide bonds. The van der Waals surface area contributed by atoms with Crippen molar-refractivity contribution in [3.8, 4) is 6.19 Å². The van der Waals surface area contributed by atoms with Gasteiger partial charge in [-0.1, -0.05) is 0 Å². The van der Waals surface area contributed by atoms with E-state index in [1.807, 2.05) is 6.19 Å². The average molecular weight is 333 g/mol. The second-order valence-corrected chi connectivity index (χ2v) is 5.30. The van der Waals surface area contributed by atoms with Crippen LogP contribution in [0.2, 0.25) is 0 Å². The maximum atomic E-state index is 11.9. The van der Waals surface area contributed by atoms with E-state index in [0.717, 1.165) is 31.7 Å². The van der Waals surface area contributed by atoms with Crippen molar-refractivity contribution in [1.29, 1.82) is 5.26 Å².